The summed E-state index contributed by atoms with van der Waals surface area (Å²) >= 11 is 1.44. The number of benzene rings is 1. The summed E-state index contributed by atoms with van der Waals surface area (Å²) in [7, 11) is 1.77. The van der Waals surface area contributed by atoms with Crippen LogP contribution in [0, 0.1) is 0 Å². The van der Waals surface area contributed by atoms with Gasteiger partial charge in [0, 0.05) is 48.0 Å². The highest BCUT2D eigenvalue weighted by atomic mass is 32.1. The van der Waals surface area contributed by atoms with Crippen molar-refractivity contribution in [1.82, 2.24) is 24.5 Å². The first-order valence-corrected chi connectivity index (χ1v) is 12.4. The average molecular weight is 526 g/mol. The molecular weight excluding hydrogens is 502 g/mol. The third-order valence-corrected chi connectivity index (χ3v) is 7.13. The van der Waals surface area contributed by atoms with E-state index >= 15 is 0 Å². The smallest absolute Gasteiger partial charge is 0.372 e. The molecule has 1 aromatic carbocycles. The number of rotatable bonds is 5. The molecule has 4 N–H and O–H groups in total. The molecule has 0 aliphatic carbocycles. The Kier molecular flexibility index (Phi) is 5.54. The molecule has 192 valence electrons. The topological polar surface area (TPSA) is 155 Å². The van der Waals surface area contributed by atoms with Gasteiger partial charge in [-0.3, -0.25) is 14.4 Å². The Balaban J connectivity index is 1.54. The minimum Gasteiger partial charge on any atom is -0.507 e. The van der Waals surface area contributed by atoms with Crippen molar-refractivity contribution in [3.05, 3.63) is 52.5 Å². The van der Waals surface area contributed by atoms with E-state index in [9.17, 15) is 25.2 Å². The molecule has 37 heavy (non-hydrogen) atoms. The van der Waals surface area contributed by atoms with Gasteiger partial charge < -0.3 is 29.9 Å². The van der Waals surface area contributed by atoms with E-state index < -0.39 is 18.0 Å². The maximum Gasteiger partial charge on any atom is 0.372 e. The first-order chi connectivity index (χ1) is 17.7. The largest absolute Gasteiger partial charge is 0.507 e. The lowest BCUT2D eigenvalue weighted by Gasteiger charge is -2.34. The Bertz CT molecular complexity index is 1480. The standard InChI is InChI=1S/C24H23N5O7S/c1-27-5-2-18(25-27)15-8-16-20(9-19(15)30)36-11-17-21(26-29(22(16)17)14-4-7-37-12-14)23(31)28(24(32,33)34)13-3-6-35-10-13/h2,4-5,7-9,12-13,30,32-34H,3,6,10-11H2,1H3. The van der Waals surface area contributed by atoms with Gasteiger partial charge in [-0.2, -0.15) is 21.5 Å². The van der Waals surface area contributed by atoms with Gasteiger partial charge in [0.25, 0.3) is 5.91 Å². The molecule has 6 rings (SSSR count). The van der Waals surface area contributed by atoms with Gasteiger partial charge in [-0.1, -0.05) is 0 Å². The van der Waals surface area contributed by atoms with E-state index in [0.717, 1.165) is 0 Å². The normalized spacial score (nSPS) is 16.8. The number of phenols is 1. The number of hydrogen-bond donors (Lipinski definition) is 4. The minimum atomic E-state index is -3.42. The zero-order chi connectivity index (χ0) is 25.9. The Morgan fingerprint density at radius 2 is 2.05 bits per heavy atom. The van der Waals surface area contributed by atoms with E-state index in [1.54, 1.807) is 34.7 Å². The fourth-order valence-electron chi connectivity index (χ4n) is 4.77. The summed E-state index contributed by atoms with van der Waals surface area (Å²) in [6.45, 7) is 0.275. The van der Waals surface area contributed by atoms with Gasteiger partial charge in [-0.15, -0.1) is 0 Å². The number of hydrogen-bond acceptors (Lipinski definition) is 10. The molecule has 1 unspecified atom stereocenters. The average Bonchev–Trinajstić information content (AvgIpc) is 3.64. The second-order valence-corrected chi connectivity index (χ2v) is 9.67. The molecule has 13 heteroatoms. The lowest BCUT2D eigenvalue weighted by atomic mass is 9.97. The Morgan fingerprint density at radius 1 is 1.22 bits per heavy atom. The summed E-state index contributed by atoms with van der Waals surface area (Å²) in [6, 6.07) is 6.05. The summed E-state index contributed by atoms with van der Waals surface area (Å²) in [5, 5.41) is 53.6. The van der Waals surface area contributed by atoms with E-state index in [1.165, 1.54) is 17.4 Å². The molecule has 3 aromatic heterocycles. The maximum atomic E-state index is 13.7. The maximum absolute atomic E-state index is 13.7. The predicted molar refractivity (Wildman–Crippen MR) is 130 cm³/mol. The lowest BCUT2D eigenvalue weighted by Crippen LogP contribution is -2.57. The van der Waals surface area contributed by atoms with Crippen molar-refractivity contribution < 1.29 is 34.7 Å². The van der Waals surface area contributed by atoms with Crippen LogP contribution in [-0.4, -0.2) is 76.1 Å². The van der Waals surface area contributed by atoms with Crippen LogP contribution in [0.2, 0.25) is 0 Å². The zero-order valence-electron chi connectivity index (χ0n) is 19.6. The number of aromatic hydroxyl groups is 1. The highest BCUT2D eigenvalue weighted by Gasteiger charge is 2.44. The van der Waals surface area contributed by atoms with Crippen LogP contribution in [0.25, 0.3) is 28.2 Å². The number of phenolic OH excluding ortho intramolecular Hbond substituents is 1. The first-order valence-electron chi connectivity index (χ1n) is 11.5. The van der Waals surface area contributed by atoms with Gasteiger partial charge in [-0.25, -0.2) is 4.68 Å². The van der Waals surface area contributed by atoms with Gasteiger partial charge in [0.15, 0.2) is 5.69 Å². The van der Waals surface area contributed by atoms with Crippen LogP contribution >= 0.6 is 11.3 Å². The number of fused-ring (bicyclic) bond motifs is 3. The molecule has 1 atom stereocenters. The molecule has 4 aromatic rings. The predicted octanol–water partition coefficient (Wildman–Crippen LogP) is 1.42. The first kappa shape index (κ1) is 23.6. The number of aryl methyl sites for hydroxylation is 1. The van der Waals surface area contributed by atoms with Crippen LogP contribution in [0.3, 0.4) is 0 Å². The van der Waals surface area contributed by atoms with Crippen molar-refractivity contribution in [1.29, 1.82) is 0 Å². The summed E-state index contributed by atoms with van der Waals surface area (Å²) in [5.41, 5.74) is 3.10. The van der Waals surface area contributed by atoms with E-state index in [-0.39, 0.29) is 24.7 Å². The van der Waals surface area contributed by atoms with Crippen molar-refractivity contribution in [3.63, 3.8) is 0 Å². The molecule has 5 heterocycles. The van der Waals surface area contributed by atoms with Crippen molar-refractivity contribution in [2.45, 2.75) is 25.2 Å². The van der Waals surface area contributed by atoms with Gasteiger partial charge in [-0.05, 0) is 30.0 Å². The number of carbonyl (C=O) groups is 1. The van der Waals surface area contributed by atoms with Gasteiger partial charge in [0.2, 0.25) is 0 Å². The summed E-state index contributed by atoms with van der Waals surface area (Å²) < 4.78 is 14.4. The minimum absolute atomic E-state index is 0.0168. The van der Waals surface area contributed by atoms with E-state index in [2.05, 4.69) is 10.2 Å². The third kappa shape index (κ3) is 3.97. The molecule has 0 saturated carbocycles. The Hall–Kier alpha value is -3.75. The number of nitrogens with zero attached hydrogens (tertiary/aromatic N) is 5. The number of aromatic nitrogens is 4. The van der Waals surface area contributed by atoms with E-state index in [4.69, 9.17) is 9.47 Å². The van der Waals surface area contributed by atoms with Crippen LogP contribution in [-0.2, 0) is 18.4 Å². The Labute approximate surface area is 214 Å². The van der Waals surface area contributed by atoms with Crippen LogP contribution < -0.4 is 4.74 Å². The number of carbonyl (C=O) groups excluding carboxylic acids is 1. The molecule has 1 saturated heterocycles. The molecule has 2 aliphatic heterocycles. The molecule has 0 spiro atoms. The molecule has 0 radical (unpaired) electrons. The van der Waals surface area contributed by atoms with Crippen LogP contribution in [0.5, 0.6) is 11.5 Å². The van der Waals surface area contributed by atoms with Gasteiger partial charge >= 0.3 is 6.10 Å². The molecule has 1 amide bonds. The number of amides is 1. The second-order valence-electron chi connectivity index (χ2n) is 8.89. The van der Waals surface area contributed by atoms with Crippen LogP contribution in [0.15, 0.2) is 41.2 Å². The molecule has 2 aliphatic rings. The van der Waals surface area contributed by atoms with E-state index in [0.29, 0.717) is 57.4 Å². The summed E-state index contributed by atoms with van der Waals surface area (Å²) in [6.07, 6.45) is -1.34. The van der Waals surface area contributed by atoms with Crippen molar-refractivity contribution in [3.8, 4) is 39.7 Å². The quantitative estimate of drug-likeness (QED) is 0.283. The molecule has 1 fully saturated rings. The fourth-order valence-corrected chi connectivity index (χ4v) is 5.39. The van der Waals surface area contributed by atoms with Gasteiger partial charge in [0.05, 0.1) is 29.7 Å². The lowest BCUT2D eigenvalue weighted by molar-refractivity contribution is -0.384. The zero-order valence-corrected chi connectivity index (χ0v) is 20.4. The number of ether oxygens (including phenoxy) is 2. The number of aliphatic hydroxyl groups is 3. The SMILES string of the molecule is Cn1ccc(-c2cc3c(cc2O)OCc2c(C(=O)N(C4CCOC4)C(O)(O)O)nn(-c4ccsc4)c2-3)n1. The highest BCUT2D eigenvalue weighted by molar-refractivity contribution is 7.08. The van der Waals surface area contributed by atoms with Crippen LogP contribution in [0.4, 0.5) is 0 Å². The van der Waals surface area contributed by atoms with Crippen molar-refractivity contribution >= 4 is 17.2 Å². The van der Waals surface area contributed by atoms with Crippen molar-refractivity contribution in [2.75, 3.05) is 13.2 Å². The monoisotopic (exact) mass is 525 g/mol. The Morgan fingerprint density at radius 3 is 2.70 bits per heavy atom. The van der Waals surface area contributed by atoms with Gasteiger partial charge in [0.1, 0.15) is 18.1 Å². The fraction of sp³-hybridized carbons (Fsp3) is 0.292. The summed E-state index contributed by atoms with van der Waals surface area (Å²) in [5.74, 6) is -0.511. The van der Waals surface area contributed by atoms with Crippen molar-refractivity contribution in [2.24, 2.45) is 7.05 Å². The second kappa shape index (κ2) is 8.68. The highest BCUT2D eigenvalue weighted by Crippen LogP contribution is 2.45. The van der Waals surface area contributed by atoms with E-state index in [1.807, 2.05) is 16.8 Å². The molecule has 0 bridgehead atoms. The number of thiophene rings is 1. The third-order valence-electron chi connectivity index (χ3n) is 6.46. The summed E-state index contributed by atoms with van der Waals surface area (Å²) in [4.78, 5) is 14.3. The molecular formula is C24H23N5O7S. The van der Waals surface area contributed by atoms with Crippen LogP contribution in [0.1, 0.15) is 22.5 Å². The molecule has 12 nitrogen and oxygen atoms in total.